The Morgan fingerprint density at radius 3 is 2.76 bits per heavy atom. The van der Waals surface area contributed by atoms with Crippen molar-refractivity contribution in [3.8, 4) is 11.5 Å². The van der Waals surface area contributed by atoms with Gasteiger partial charge in [0.05, 0.1) is 0 Å². The van der Waals surface area contributed by atoms with E-state index in [2.05, 4.69) is 5.32 Å². The van der Waals surface area contributed by atoms with Crippen molar-refractivity contribution in [1.29, 1.82) is 0 Å². The highest BCUT2D eigenvalue weighted by atomic mass is 16.7. The van der Waals surface area contributed by atoms with Gasteiger partial charge in [-0.3, -0.25) is 9.59 Å². The summed E-state index contributed by atoms with van der Waals surface area (Å²) in [6.45, 7) is 4.25. The van der Waals surface area contributed by atoms with E-state index in [1.807, 2.05) is 36.6 Å². The van der Waals surface area contributed by atoms with Crippen LogP contribution in [-0.2, 0) is 20.9 Å². The maximum Gasteiger partial charge on any atom is 0.329 e. The molecule has 1 atom stereocenters. The molecule has 0 unspecified atom stereocenters. The Labute approximate surface area is 167 Å². The van der Waals surface area contributed by atoms with Crippen LogP contribution in [0.2, 0.25) is 0 Å². The van der Waals surface area contributed by atoms with Crippen molar-refractivity contribution in [1.82, 2.24) is 9.88 Å². The highest BCUT2D eigenvalue weighted by Gasteiger charge is 2.29. The second-order valence-electron chi connectivity index (χ2n) is 7.25. The predicted octanol–water partition coefficient (Wildman–Crippen LogP) is 1.89. The maximum absolute atomic E-state index is 12.6. The van der Waals surface area contributed by atoms with Crippen molar-refractivity contribution >= 4 is 17.7 Å². The zero-order chi connectivity index (χ0) is 20.5. The van der Waals surface area contributed by atoms with Crippen LogP contribution in [0.1, 0.15) is 40.2 Å². The first-order valence-corrected chi connectivity index (χ1v) is 9.47. The molecule has 8 heteroatoms. The summed E-state index contributed by atoms with van der Waals surface area (Å²) in [7, 11) is 0. The second-order valence-corrected chi connectivity index (χ2v) is 7.25. The summed E-state index contributed by atoms with van der Waals surface area (Å²) in [5.74, 6) is 0.425. The predicted molar refractivity (Wildman–Crippen MR) is 102 cm³/mol. The molecule has 3 heterocycles. The molecule has 1 aromatic carbocycles. The molecule has 1 aromatic heterocycles. The van der Waals surface area contributed by atoms with Crippen molar-refractivity contribution in [2.24, 2.45) is 0 Å². The van der Waals surface area contributed by atoms with Gasteiger partial charge < -0.3 is 24.1 Å². The van der Waals surface area contributed by atoms with Gasteiger partial charge in [-0.1, -0.05) is 6.07 Å². The first kappa shape index (κ1) is 19.0. The number of nitrogens with zero attached hydrogens (tertiary/aromatic N) is 1. The zero-order valence-corrected chi connectivity index (χ0v) is 16.3. The van der Waals surface area contributed by atoms with E-state index in [0.29, 0.717) is 30.7 Å². The molecule has 0 saturated carbocycles. The number of carbonyl (C=O) groups excluding carboxylic acids is 3. The third-order valence-electron chi connectivity index (χ3n) is 5.28. The number of esters is 1. The summed E-state index contributed by atoms with van der Waals surface area (Å²) in [4.78, 5) is 35.8. The number of Topliss-reactive ketones (excluding diaryl/α,β-unsaturated/α-hetero) is 1. The molecule has 152 valence electrons. The Balaban J connectivity index is 1.43. The van der Waals surface area contributed by atoms with E-state index in [1.54, 1.807) is 6.07 Å². The number of carbonyl (C=O) groups is 3. The molecule has 1 fully saturated rings. The summed E-state index contributed by atoms with van der Waals surface area (Å²) in [5, 5.41) is 2.54. The molecular formula is C21H22N2O6. The summed E-state index contributed by atoms with van der Waals surface area (Å²) in [6, 6.07) is 6.91. The average molecular weight is 398 g/mol. The summed E-state index contributed by atoms with van der Waals surface area (Å²) < 4.78 is 17.9. The van der Waals surface area contributed by atoms with Gasteiger partial charge in [-0.15, -0.1) is 0 Å². The number of hydrogen-bond acceptors (Lipinski definition) is 6. The molecule has 8 nitrogen and oxygen atoms in total. The Morgan fingerprint density at radius 1 is 1.21 bits per heavy atom. The van der Waals surface area contributed by atoms with Crippen molar-refractivity contribution in [3.63, 3.8) is 0 Å². The molecule has 4 rings (SSSR count). The van der Waals surface area contributed by atoms with Crippen molar-refractivity contribution < 1.29 is 28.6 Å². The number of fused-ring (bicyclic) bond motifs is 1. The number of benzene rings is 1. The standard InChI is InChI=1S/C21H22N2O6/c1-12-7-15(17(24)10-27-21(26)16-4-6-20(25)22-16)13(2)23(12)9-14-3-5-18-19(8-14)29-11-28-18/h3,5,7-8,16H,4,6,9-11H2,1-2H3,(H,22,25)/t16-/m1/s1. The molecule has 0 bridgehead atoms. The summed E-state index contributed by atoms with van der Waals surface area (Å²) in [6.07, 6.45) is 0.699. The van der Waals surface area contributed by atoms with Crippen molar-refractivity contribution in [3.05, 3.63) is 46.8 Å². The lowest BCUT2D eigenvalue weighted by atomic mass is 10.1. The Kier molecular flexibility index (Phi) is 5.00. The Bertz CT molecular complexity index is 993. The first-order valence-electron chi connectivity index (χ1n) is 9.47. The fourth-order valence-corrected chi connectivity index (χ4v) is 3.65. The fraction of sp³-hybridized carbons (Fsp3) is 0.381. The number of ketones is 1. The summed E-state index contributed by atoms with van der Waals surface area (Å²) in [5.41, 5.74) is 3.28. The van der Waals surface area contributed by atoms with Crippen LogP contribution < -0.4 is 14.8 Å². The van der Waals surface area contributed by atoms with Gasteiger partial charge in [-0.25, -0.2) is 4.79 Å². The normalized spacial score (nSPS) is 17.3. The average Bonchev–Trinajstić information content (AvgIpc) is 3.41. The van der Waals surface area contributed by atoms with Crippen LogP contribution in [0.3, 0.4) is 0 Å². The molecule has 0 aliphatic carbocycles. The number of aromatic nitrogens is 1. The van der Waals surface area contributed by atoms with E-state index >= 15 is 0 Å². The van der Waals surface area contributed by atoms with Crippen LogP contribution in [-0.4, -0.2) is 41.7 Å². The van der Waals surface area contributed by atoms with Gasteiger partial charge in [0, 0.05) is 29.9 Å². The van der Waals surface area contributed by atoms with Crippen LogP contribution >= 0.6 is 0 Å². The molecule has 2 aromatic rings. The number of nitrogens with one attached hydrogen (secondary N) is 1. The largest absolute Gasteiger partial charge is 0.456 e. The number of aryl methyl sites for hydroxylation is 1. The molecule has 0 spiro atoms. The number of ether oxygens (including phenoxy) is 3. The van der Waals surface area contributed by atoms with E-state index in [1.165, 1.54) is 0 Å². The van der Waals surface area contributed by atoms with Crippen LogP contribution in [0.5, 0.6) is 11.5 Å². The van der Waals surface area contributed by atoms with Crippen molar-refractivity contribution in [2.75, 3.05) is 13.4 Å². The van der Waals surface area contributed by atoms with Gasteiger partial charge in [0.2, 0.25) is 18.5 Å². The molecule has 1 saturated heterocycles. The monoisotopic (exact) mass is 398 g/mol. The lowest BCUT2D eigenvalue weighted by Crippen LogP contribution is -2.35. The first-order chi connectivity index (χ1) is 13.9. The van der Waals surface area contributed by atoms with Gasteiger partial charge in [-0.2, -0.15) is 0 Å². The Morgan fingerprint density at radius 2 is 2.00 bits per heavy atom. The topological polar surface area (TPSA) is 95.9 Å². The maximum atomic E-state index is 12.6. The van der Waals surface area contributed by atoms with Gasteiger partial charge in [0.15, 0.2) is 18.1 Å². The quantitative estimate of drug-likeness (QED) is 0.590. The van der Waals surface area contributed by atoms with Crippen LogP contribution in [0.15, 0.2) is 24.3 Å². The fourth-order valence-electron chi connectivity index (χ4n) is 3.65. The molecule has 1 N–H and O–H groups in total. The molecular weight excluding hydrogens is 376 g/mol. The lowest BCUT2D eigenvalue weighted by molar-refractivity contribution is -0.145. The number of hydrogen-bond donors (Lipinski definition) is 1. The van der Waals surface area contributed by atoms with E-state index in [4.69, 9.17) is 14.2 Å². The van der Waals surface area contributed by atoms with E-state index < -0.39 is 12.0 Å². The molecule has 29 heavy (non-hydrogen) atoms. The van der Waals surface area contributed by atoms with Crippen LogP contribution in [0.25, 0.3) is 0 Å². The SMILES string of the molecule is Cc1cc(C(=O)COC(=O)[C@H]2CCC(=O)N2)c(C)n1Cc1ccc2c(c1)OCO2. The van der Waals surface area contributed by atoms with E-state index in [9.17, 15) is 14.4 Å². The van der Waals surface area contributed by atoms with E-state index in [0.717, 1.165) is 22.7 Å². The number of amides is 1. The smallest absolute Gasteiger partial charge is 0.329 e. The van der Waals surface area contributed by atoms with Gasteiger partial charge in [0.25, 0.3) is 0 Å². The minimum atomic E-state index is -0.659. The minimum absolute atomic E-state index is 0.176. The lowest BCUT2D eigenvalue weighted by Gasteiger charge is -2.11. The van der Waals surface area contributed by atoms with Gasteiger partial charge in [-0.05, 0) is 44.0 Å². The third-order valence-corrected chi connectivity index (χ3v) is 5.28. The van der Waals surface area contributed by atoms with Crippen LogP contribution in [0, 0.1) is 13.8 Å². The summed E-state index contributed by atoms with van der Waals surface area (Å²) >= 11 is 0. The minimum Gasteiger partial charge on any atom is -0.456 e. The molecule has 1 amide bonds. The number of rotatable bonds is 6. The molecule has 2 aliphatic heterocycles. The zero-order valence-electron chi connectivity index (χ0n) is 16.3. The molecule has 2 aliphatic rings. The Hall–Kier alpha value is -3.29. The van der Waals surface area contributed by atoms with Gasteiger partial charge in [0.1, 0.15) is 6.04 Å². The van der Waals surface area contributed by atoms with Crippen molar-refractivity contribution in [2.45, 2.75) is 39.3 Å². The highest BCUT2D eigenvalue weighted by Crippen LogP contribution is 2.33. The molecule has 0 radical (unpaired) electrons. The second kappa shape index (κ2) is 7.62. The van der Waals surface area contributed by atoms with Gasteiger partial charge >= 0.3 is 5.97 Å². The highest BCUT2D eigenvalue weighted by molar-refractivity contribution is 5.99. The third kappa shape index (κ3) is 3.83. The van der Waals surface area contributed by atoms with Crippen LogP contribution in [0.4, 0.5) is 0 Å². The van der Waals surface area contributed by atoms with E-state index in [-0.39, 0.29) is 25.1 Å².